The highest BCUT2D eigenvalue weighted by Crippen LogP contribution is 2.28. The van der Waals surface area contributed by atoms with Gasteiger partial charge in [-0.1, -0.05) is 23.7 Å². The van der Waals surface area contributed by atoms with Gasteiger partial charge < -0.3 is 14.2 Å². The number of benzene rings is 1. The lowest BCUT2D eigenvalue weighted by molar-refractivity contribution is -0.138. The molecule has 1 aromatic heterocycles. The number of hydrogen-bond donors (Lipinski definition) is 0. The molecule has 2 amide bonds. The lowest BCUT2D eigenvalue weighted by Gasteiger charge is -2.34. The van der Waals surface area contributed by atoms with E-state index < -0.39 is 0 Å². The summed E-state index contributed by atoms with van der Waals surface area (Å²) < 4.78 is 5.72. The van der Waals surface area contributed by atoms with Crippen molar-refractivity contribution in [1.29, 1.82) is 0 Å². The van der Waals surface area contributed by atoms with Crippen molar-refractivity contribution in [3.8, 4) is 11.3 Å². The van der Waals surface area contributed by atoms with Gasteiger partial charge in [0.2, 0.25) is 11.8 Å². The van der Waals surface area contributed by atoms with Crippen molar-refractivity contribution in [2.24, 2.45) is 0 Å². The van der Waals surface area contributed by atoms with E-state index in [-0.39, 0.29) is 11.8 Å². The smallest absolute Gasteiger partial charge is 0.223 e. The minimum absolute atomic E-state index is 0.0546. The van der Waals surface area contributed by atoms with Crippen LogP contribution in [0.4, 0.5) is 0 Å². The second-order valence-corrected chi connectivity index (χ2v) is 6.39. The van der Waals surface area contributed by atoms with E-state index in [1.165, 1.54) is 0 Å². The first-order chi connectivity index (χ1) is 12.0. The van der Waals surface area contributed by atoms with Crippen molar-refractivity contribution in [3.63, 3.8) is 0 Å². The number of halogens is 1. The molecule has 1 saturated heterocycles. The zero-order chi connectivity index (χ0) is 17.8. The zero-order valence-electron chi connectivity index (χ0n) is 14.1. The number of aromatic nitrogens is 1. The van der Waals surface area contributed by atoms with Crippen LogP contribution >= 0.6 is 11.6 Å². The Balaban J connectivity index is 1.53. The number of carbonyl (C=O) groups is 2. The van der Waals surface area contributed by atoms with Crippen LogP contribution in [0.15, 0.2) is 34.9 Å². The lowest BCUT2D eigenvalue weighted by atomic mass is 10.2. The average Bonchev–Trinajstić information content (AvgIpc) is 3.09. The lowest BCUT2D eigenvalue weighted by Crippen LogP contribution is -2.50. The maximum atomic E-state index is 12.3. The predicted molar refractivity (Wildman–Crippen MR) is 94.1 cm³/mol. The topological polar surface area (TPSA) is 66.7 Å². The number of rotatable bonds is 4. The highest BCUT2D eigenvalue weighted by Gasteiger charge is 2.22. The van der Waals surface area contributed by atoms with Crippen LogP contribution in [0, 0.1) is 0 Å². The largest absolute Gasteiger partial charge is 0.441 e. The van der Waals surface area contributed by atoms with Gasteiger partial charge in [0.15, 0.2) is 11.7 Å². The number of oxazole rings is 1. The summed E-state index contributed by atoms with van der Waals surface area (Å²) in [6, 6.07) is 7.40. The predicted octanol–water partition coefficient (Wildman–Crippen LogP) is 2.62. The Hall–Kier alpha value is -2.34. The van der Waals surface area contributed by atoms with E-state index in [2.05, 4.69) is 4.98 Å². The van der Waals surface area contributed by atoms with Gasteiger partial charge in [0.05, 0.1) is 11.2 Å². The minimum Gasteiger partial charge on any atom is -0.441 e. The fourth-order valence-electron chi connectivity index (χ4n) is 2.85. The fourth-order valence-corrected chi connectivity index (χ4v) is 3.08. The van der Waals surface area contributed by atoms with Crippen LogP contribution < -0.4 is 0 Å². The highest BCUT2D eigenvalue weighted by atomic mass is 35.5. The maximum absolute atomic E-state index is 12.3. The molecular formula is C18H20ClN3O3. The van der Waals surface area contributed by atoms with Crippen molar-refractivity contribution in [2.75, 3.05) is 26.2 Å². The Morgan fingerprint density at radius 1 is 1.16 bits per heavy atom. The summed E-state index contributed by atoms with van der Waals surface area (Å²) in [5, 5.41) is 0.601. The Bertz CT molecular complexity index is 766. The number of hydrogen-bond acceptors (Lipinski definition) is 4. The number of carbonyl (C=O) groups excluding carboxylic acids is 2. The Kier molecular flexibility index (Phi) is 5.38. The molecule has 132 valence electrons. The van der Waals surface area contributed by atoms with Crippen molar-refractivity contribution < 1.29 is 14.0 Å². The molecule has 2 heterocycles. The number of aryl methyl sites for hydroxylation is 1. The van der Waals surface area contributed by atoms with E-state index in [0.29, 0.717) is 55.7 Å². The number of amides is 2. The summed E-state index contributed by atoms with van der Waals surface area (Å²) >= 11 is 6.15. The molecular weight excluding hydrogens is 342 g/mol. The first-order valence-electron chi connectivity index (χ1n) is 8.27. The molecule has 1 aromatic carbocycles. The molecule has 1 aliphatic heterocycles. The van der Waals surface area contributed by atoms with Crippen LogP contribution in [0.1, 0.15) is 19.2 Å². The van der Waals surface area contributed by atoms with E-state index in [1.807, 2.05) is 18.2 Å². The van der Waals surface area contributed by atoms with E-state index in [9.17, 15) is 9.59 Å². The summed E-state index contributed by atoms with van der Waals surface area (Å²) in [5.74, 6) is 1.23. The molecule has 1 aliphatic rings. The SMILES string of the molecule is CC(=O)N1CCN(C(=O)CCc2ncc(-c3ccccc3Cl)o2)CC1. The van der Waals surface area contributed by atoms with E-state index >= 15 is 0 Å². The van der Waals surface area contributed by atoms with Gasteiger partial charge >= 0.3 is 0 Å². The van der Waals surface area contributed by atoms with Gasteiger partial charge in [-0.05, 0) is 12.1 Å². The highest BCUT2D eigenvalue weighted by molar-refractivity contribution is 6.33. The normalized spacial score (nSPS) is 14.6. The standard InChI is InChI=1S/C18H20ClN3O3/c1-13(23)21-8-10-22(11-9-21)18(24)7-6-17-20-12-16(25-17)14-4-2-3-5-15(14)19/h2-5,12H,6-11H2,1H3. The molecule has 1 fully saturated rings. The molecule has 3 rings (SSSR count). The molecule has 6 nitrogen and oxygen atoms in total. The molecule has 0 N–H and O–H groups in total. The summed E-state index contributed by atoms with van der Waals surface area (Å²) in [6.07, 6.45) is 2.41. The van der Waals surface area contributed by atoms with Gasteiger partial charge in [-0.15, -0.1) is 0 Å². The van der Waals surface area contributed by atoms with Gasteiger partial charge in [-0.2, -0.15) is 0 Å². The summed E-state index contributed by atoms with van der Waals surface area (Å²) in [4.78, 5) is 31.4. The molecule has 0 radical (unpaired) electrons. The van der Waals surface area contributed by atoms with Gasteiger partial charge in [0.25, 0.3) is 0 Å². The van der Waals surface area contributed by atoms with Crippen molar-refractivity contribution in [1.82, 2.24) is 14.8 Å². The second kappa shape index (κ2) is 7.70. The molecule has 2 aromatic rings. The van der Waals surface area contributed by atoms with Crippen LogP contribution in [0.5, 0.6) is 0 Å². The Morgan fingerprint density at radius 2 is 1.84 bits per heavy atom. The Morgan fingerprint density at radius 3 is 2.52 bits per heavy atom. The van der Waals surface area contributed by atoms with Gasteiger partial charge in [0, 0.05) is 51.5 Å². The monoisotopic (exact) mass is 361 g/mol. The molecule has 25 heavy (non-hydrogen) atoms. The molecule has 0 spiro atoms. The third kappa shape index (κ3) is 4.20. The molecule has 0 bridgehead atoms. The third-order valence-electron chi connectivity index (χ3n) is 4.32. The third-order valence-corrected chi connectivity index (χ3v) is 4.65. The molecule has 0 saturated carbocycles. The summed E-state index contributed by atoms with van der Waals surface area (Å²) in [6.45, 7) is 3.90. The zero-order valence-corrected chi connectivity index (χ0v) is 14.8. The van der Waals surface area contributed by atoms with E-state index in [0.717, 1.165) is 5.56 Å². The first kappa shape index (κ1) is 17.5. The van der Waals surface area contributed by atoms with Crippen LogP contribution in [0.2, 0.25) is 5.02 Å². The van der Waals surface area contributed by atoms with E-state index in [1.54, 1.807) is 29.0 Å². The van der Waals surface area contributed by atoms with Gasteiger partial charge in [-0.25, -0.2) is 4.98 Å². The molecule has 0 atom stereocenters. The Labute approximate surface area is 151 Å². The van der Waals surface area contributed by atoms with Crippen LogP contribution in [-0.4, -0.2) is 52.8 Å². The van der Waals surface area contributed by atoms with Crippen molar-refractivity contribution >= 4 is 23.4 Å². The van der Waals surface area contributed by atoms with Crippen LogP contribution in [0.25, 0.3) is 11.3 Å². The minimum atomic E-state index is 0.0546. The van der Waals surface area contributed by atoms with Crippen molar-refractivity contribution in [3.05, 3.63) is 41.4 Å². The second-order valence-electron chi connectivity index (χ2n) is 5.98. The first-order valence-corrected chi connectivity index (χ1v) is 8.65. The average molecular weight is 362 g/mol. The van der Waals surface area contributed by atoms with Gasteiger partial charge in [0.1, 0.15) is 0 Å². The maximum Gasteiger partial charge on any atom is 0.223 e. The molecule has 0 aliphatic carbocycles. The number of piperazine rings is 1. The summed E-state index contributed by atoms with van der Waals surface area (Å²) in [5.41, 5.74) is 0.787. The molecule has 0 unspecified atom stereocenters. The summed E-state index contributed by atoms with van der Waals surface area (Å²) in [7, 11) is 0. The van der Waals surface area contributed by atoms with E-state index in [4.69, 9.17) is 16.0 Å². The van der Waals surface area contributed by atoms with Crippen molar-refractivity contribution in [2.45, 2.75) is 19.8 Å². The number of nitrogens with zero attached hydrogens (tertiary/aromatic N) is 3. The van der Waals surface area contributed by atoms with Crippen LogP contribution in [0.3, 0.4) is 0 Å². The van der Waals surface area contributed by atoms with Gasteiger partial charge in [-0.3, -0.25) is 9.59 Å². The quantitative estimate of drug-likeness (QED) is 0.839. The van der Waals surface area contributed by atoms with Crippen LogP contribution in [-0.2, 0) is 16.0 Å². The molecule has 7 heteroatoms. The fraction of sp³-hybridized carbons (Fsp3) is 0.389.